The van der Waals surface area contributed by atoms with Crippen molar-refractivity contribution in [3.63, 3.8) is 0 Å². The summed E-state index contributed by atoms with van der Waals surface area (Å²) in [6.07, 6.45) is 1.06. The van der Waals surface area contributed by atoms with Gasteiger partial charge in [0.25, 0.3) is 0 Å². The number of hydrogen-bond donors (Lipinski definition) is 1. The van der Waals surface area contributed by atoms with Crippen LogP contribution in [0.5, 0.6) is 0 Å². The second-order valence-corrected chi connectivity index (χ2v) is 4.20. The van der Waals surface area contributed by atoms with Gasteiger partial charge >= 0.3 is 29.6 Å². The molecule has 0 aliphatic rings. The van der Waals surface area contributed by atoms with E-state index in [1.807, 2.05) is 0 Å². The summed E-state index contributed by atoms with van der Waals surface area (Å²) in [4.78, 5) is 11.1. The van der Waals surface area contributed by atoms with Crippen LogP contribution >= 0.6 is 0 Å². The molecule has 1 amide bonds. The van der Waals surface area contributed by atoms with Gasteiger partial charge in [0.1, 0.15) is 0 Å². The van der Waals surface area contributed by atoms with Crippen molar-refractivity contribution in [2.75, 3.05) is 26.4 Å². The molecule has 0 spiro atoms. The van der Waals surface area contributed by atoms with Gasteiger partial charge in [-0.2, -0.15) is 0 Å². The maximum absolute atomic E-state index is 9.95. The monoisotopic (exact) mass is 246 g/mol. The zero-order chi connectivity index (χ0) is 11.8. The summed E-state index contributed by atoms with van der Waals surface area (Å²) in [6.45, 7) is 3.38. The minimum atomic E-state index is -4.01. The molecule has 2 N–H and O–H groups in total. The van der Waals surface area contributed by atoms with E-state index >= 15 is 0 Å². The number of carbonyl (C=O) groups excluding carboxylic acids is 1. The summed E-state index contributed by atoms with van der Waals surface area (Å²) in [6, 6.07) is 0. The van der Waals surface area contributed by atoms with Gasteiger partial charge in [-0.25, -0.2) is 8.42 Å². The van der Waals surface area contributed by atoms with Crippen LogP contribution in [0.2, 0.25) is 0 Å². The van der Waals surface area contributed by atoms with Crippen LogP contribution in [0.4, 0.5) is 0 Å². The van der Waals surface area contributed by atoms with Gasteiger partial charge in [-0.05, 0) is 20.2 Å². The second kappa shape index (κ2) is 10.6. The van der Waals surface area contributed by atoms with Gasteiger partial charge in [-0.3, -0.25) is 4.79 Å². The van der Waals surface area contributed by atoms with Crippen molar-refractivity contribution < 1.29 is 47.3 Å². The van der Waals surface area contributed by atoms with E-state index in [4.69, 9.17) is 0 Å². The third kappa shape index (κ3) is 31.5. The topological polar surface area (TPSA) is 104 Å². The molecule has 0 saturated heterocycles. The molecule has 0 aromatic rings. The molecule has 0 aliphatic carbocycles. The smallest absolute Gasteiger partial charge is 0.748 e. The standard InChI is InChI=1S/C4H11NO3S.C3H5NO.Na/c1-5(2)3-4-9(6,7)8;1-2-3(4)5;/h3-4H2,1-2H3,(H,6,7,8);2H,1H2,(H2,4,5);/q;;+1/p-1. The fourth-order valence-corrected chi connectivity index (χ4v) is 0.883. The van der Waals surface area contributed by atoms with Crippen LogP contribution in [-0.4, -0.2) is 50.2 Å². The number of carbonyl (C=O) groups is 1. The van der Waals surface area contributed by atoms with E-state index in [2.05, 4.69) is 12.3 Å². The third-order valence-electron chi connectivity index (χ3n) is 0.990. The van der Waals surface area contributed by atoms with Crippen LogP contribution < -0.4 is 35.3 Å². The Morgan fingerprint density at radius 3 is 1.93 bits per heavy atom. The molecule has 0 aliphatic heterocycles. The number of primary amides is 1. The molecule has 0 fully saturated rings. The molecule has 0 aromatic carbocycles. The Kier molecular flexibility index (Phi) is 14.5. The van der Waals surface area contributed by atoms with Crippen LogP contribution in [0.3, 0.4) is 0 Å². The van der Waals surface area contributed by atoms with E-state index < -0.39 is 16.0 Å². The van der Waals surface area contributed by atoms with Gasteiger partial charge in [0, 0.05) is 6.54 Å². The second-order valence-electron chi connectivity index (χ2n) is 2.67. The van der Waals surface area contributed by atoms with Gasteiger partial charge in [0.15, 0.2) is 0 Å². The Morgan fingerprint density at radius 1 is 1.53 bits per heavy atom. The minimum absolute atomic E-state index is 0. The Labute approximate surface area is 113 Å². The number of nitrogens with two attached hydrogens (primary N) is 1. The third-order valence-corrected chi connectivity index (χ3v) is 1.67. The maximum atomic E-state index is 9.95. The molecule has 0 unspecified atom stereocenters. The zero-order valence-corrected chi connectivity index (χ0v) is 12.1. The first kappa shape index (κ1) is 20.5. The van der Waals surface area contributed by atoms with Crippen LogP contribution in [0.25, 0.3) is 0 Å². The number of hydrogen-bond acceptors (Lipinski definition) is 5. The largest absolute Gasteiger partial charge is 1.00 e. The summed E-state index contributed by atoms with van der Waals surface area (Å²) < 4.78 is 29.9. The molecule has 0 heterocycles. The van der Waals surface area contributed by atoms with Crippen molar-refractivity contribution in [3.05, 3.63) is 12.7 Å². The van der Waals surface area contributed by atoms with Gasteiger partial charge in [0.2, 0.25) is 5.91 Å². The molecule has 15 heavy (non-hydrogen) atoms. The molecule has 0 saturated carbocycles. The predicted octanol–water partition coefficient (Wildman–Crippen LogP) is -4.25. The summed E-state index contributed by atoms with van der Waals surface area (Å²) in [7, 11) is -0.584. The average molecular weight is 246 g/mol. The molecule has 0 rings (SSSR count). The van der Waals surface area contributed by atoms with Crippen LogP contribution in [0, 0.1) is 0 Å². The maximum Gasteiger partial charge on any atom is 1.00 e. The van der Waals surface area contributed by atoms with Gasteiger partial charge in [-0.15, -0.1) is 0 Å². The Morgan fingerprint density at radius 2 is 1.87 bits per heavy atom. The summed E-state index contributed by atoms with van der Waals surface area (Å²) in [5, 5.41) is 0. The van der Waals surface area contributed by atoms with Crippen LogP contribution in [0.15, 0.2) is 12.7 Å². The van der Waals surface area contributed by atoms with E-state index in [1.54, 1.807) is 19.0 Å². The number of nitrogens with zero attached hydrogens (tertiary/aromatic N) is 1. The number of rotatable bonds is 4. The SMILES string of the molecule is C=CC(N)=O.CN(C)CCS(=O)(=O)[O-].[Na+]. The van der Waals surface area contributed by atoms with Crippen molar-refractivity contribution in [2.24, 2.45) is 5.73 Å². The Hall–Kier alpha value is 0.0800. The predicted molar refractivity (Wildman–Crippen MR) is 52.5 cm³/mol. The van der Waals surface area contributed by atoms with Gasteiger partial charge < -0.3 is 15.2 Å². The fourth-order valence-electron chi connectivity index (χ4n) is 0.294. The fraction of sp³-hybridized carbons (Fsp3) is 0.571. The molecular formula is C7H15N2NaO4S. The van der Waals surface area contributed by atoms with E-state index in [0.717, 1.165) is 6.08 Å². The van der Waals surface area contributed by atoms with Crippen molar-refractivity contribution in [1.82, 2.24) is 4.90 Å². The first-order chi connectivity index (χ1) is 6.19. The molecule has 0 bridgehead atoms. The van der Waals surface area contributed by atoms with E-state index in [1.165, 1.54) is 0 Å². The first-order valence-electron chi connectivity index (χ1n) is 3.69. The normalized spacial score (nSPS) is 9.60. The summed E-state index contributed by atoms with van der Waals surface area (Å²) in [5.74, 6) is -0.787. The van der Waals surface area contributed by atoms with E-state index in [0.29, 0.717) is 6.54 Å². The van der Waals surface area contributed by atoms with E-state index in [-0.39, 0.29) is 35.3 Å². The Balaban J connectivity index is -0.000000208. The molecule has 0 radical (unpaired) electrons. The first-order valence-corrected chi connectivity index (χ1v) is 5.27. The van der Waals surface area contributed by atoms with Crippen molar-refractivity contribution in [1.29, 1.82) is 0 Å². The van der Waals surface area contributed by atoms with Crippen molar-refractivity contribution in [2.45, 2.75) is 0 Å². The van der Waals surface area contributed by atoms with Gasteiger partial charge in [-0.1, -0.05) is 6.58 Å². The summed E-state index contributed by atoms with van der Waals surface area (Å²) >= 11 is 0. The van der Waals surface area contributed by atoms with Gasteiger partial charge in [0.05, 0.1) is 15.9 Å². The quantitative estimate of drug-likeness (QED) is 0.307. The zero-order valence-electron chi connectivity index (χ0n) is 9.26. The molecule has 0 atom stereocenters. The minimum Gasteiger partial charge on any atom is -0.748 e. The summed E-state index contributed by atoms with van der Waals surface area (Å²) in [5.41, 5.74) is 4.53. The average Bonchev–Trinajstić information content (AvgIpc) is 2.01. The van der Waals surface area contributed by atoms with Crippen LogP contribution in [-0.2, 0) is 14.9 Å². The van der Waals surface area contributed by atoms with E-state index in [9.17, 15) is 17.8 Å². The molecule has 0 aromatic heterocycles. The molecule has 84 valence electrons. The van der Waals surface area contributed by atoms with Crippen molar-refractivity contribution >= 4 is 16.0 Å². The van der Waals surface area contributed by atoms with Crippen LogP contribution in [0.1, 0.15) is 0 Å². The molecule has 8 heteroatoms. The molecule has 6 nitrogen and oxygen atoms in total. The van der Waals surface area contributed by atoms with Crippen molar-refractivity contribution in [3.8, 4) is 0 Å². The molecular weight excluding hydrogens is 231 g/mol. The number of amides is 1. The Bertz CT molecular complexity index is 277.